The number of phenols is 2. The zero-order chi connectivity index (χ0) is 17.9. The molecule has 2 aromatic rings. The van der Waals surface area contributed by atoms with E-state index in [1.807, 2.05) is 18.2 Å². The van der Waals surface area contributed by atoms with Crippen molar-refractivity contribution >= 4 is 0 Å². The van der Waals surface area contributed by atoms with Gasteiger partial charge in [0.15, 0.2) is 0 Å². The Hall–Kier alpha value is -1.96. The predicted molar refractivity (Wildman–Crippen MR) is 107 cm³/mol. The fraction of sp³-hybridized carbons (Fsp3) is 0.500. The summed E-state index contributed by atoms with van der Waals surface area (Å²) < 4.78 is 0. The Kier molecular flexibility index (Phi) is 5.19. The van der Waals surface area contributed by atoms with Crippen molar-refractivity contribution in [1.82, 2.24) is 0 Å². The van der Waals surface area contributed by atoms with Gasteiger partial charge in [0.1, 0.15) is 11.5 Å². The van der Waals surface area contributed by atoms with Crippen molar-refractivity contribution in [3.63, 3.8) is 0 Å². The quantitative estimate of drug-likeness (QED) is 0.635. The second kappa shape index (κ2) is 7.73. The Morgan fingerprint density at radius 2 is 1.27 bits per heavy atom. The van der Waals surface area contributed by atoms with Gasteiger partial charge in [0, 0.05) is 5.56 Å². The summed E-state index contributed by atoms with van der Waals surface area (Å²) in [6.07, 6.45) is 12.3. The topological polar surface area (TPSA) is 40.5 Å². The van der Waals surface area contributed by atoms with E-state index >= 15 is 0 Å². The van der Waals surface area contributed by atoms with Gasteiger partial charge in [-0.3, -0.25) is 0 Å². The molecular formula is C24H30O2. The molecule has 0 atom stereocenters. The van der Waals surface area contributed by atoms with Crippen LogP contribution in [0.2, 0.25) is 0 Å². The van der Waals surface area contributed by atoms with Crippen LogP contribution < -0.4 is 0 Å². The second-order valence-corrected chi connectivity index (χ2v) is 8.19. The average molecular weight is 351 g/mol. The van der Waals surface area contributed by atoms with E-state index in [0.29, 0.717) is 23.3 Å². The maximum atomic E-state index is 11.0. The average Bonchev–Trinajstić information content (AvgIpc) is 2.70. The summed E-state index contributed by atoms with van der Waals surface area (Å²) in [7, 11) is 0. The van der Waals surface area contributed by atoms with Crippen LogP contribution in [0.3, 0.4) is 0 Å². The van der Waals surface area contributed by atoms with Crippen LogP contribution in [0, 0.1) is 0 Å². The first-order valence-electron chi connectivity index (χ1n) is 10.4. The molecule has 2 nitrogen and oxygen atoms in total. The van der Waals surface area contributed by atoms with Crippen LogP contribution in [0.1, 0.15) is 87.2 Å². The monoisotopic (exact) mass is 350 g/mol. The largest absolute Gasteiger partial charge is 0.508 e. The predicted octanol–water partition coefficient (Wildman–Crippen LogP) is 6.86. The highest BCUT2D eigenvalue weighted by molar-refractivity contribution is 5.73. The lowest BCUT2D eigenvalue weighted by Crippen LogP contribution is -2.06. The summed E-state index contributed by atoms with van der Waals surface area (Å²) in [5.74, 6) is 1.79. The van der Waals surface area contributed by atoms with Crippen molar-refractivity contribution in [2.75, 3.05) is 0 Å². The fourth-order valence-electron chi connectivity index (χ4n) is 5.00. The lowest BCUT2D eigenvalue weighted by Gasteiger charge is -2.25. The molecule has 0 unspecified atom stereocenters. The summed E-state index contributed by atoms with van der Waals surface area (Å²) in [4.78, 5) is 0. The molecule has 0 radical (unpaired) electrons. The minimum Gasteiger partial charge on any atom is -0.508 e. The van der Waals surface area contributed by atoms with Crippen molar-refractivity contribution in [3.8, 4) is 22.6 Å². The van der Waals surface area contributed by atoms with Gasteiger partial charge < -0.3 is 10.2 Å². The number of benzene rings is 2. The zero-order valence-corrected chi connectivity index (χ0v) is 15.6. The number of hydrogen-bond acceptors (Lipinski definition) is 2. The van der Waals surface area contributed by atoms with E-state index in [9.17, 15) is 10.2 Å². The number of rotatable bonds is 3. The highest BCUT2D eigenvalue weighted by Gasteiger charge is 2.22. The summed E-state index contributed by atoms with van der Waals surface area (Å²) in [5.41, 5.74) is 4.10. The molecule has 0 amide bonds. The first kappa shape index (κ1) is 17.5. The number of aromatic hydroxyl groups is 2. The van der Waals surface area contributed by atoms with E-state index in [4.69, 9.17) is 0 Å². The molecule has 2 saturated carbocycles. The maximum absolute atomic E-state index is 11.0. The molecule has 2 N–H and O–H groups in total. The van der Waals surface area contributed by atoms with Gasteiger partial charge >= 0.3 is 0 Å². The van der Waals surface area contributed by atoms with E-state index in [1.54, 1.807) is 0 Å². The van der Waals surface area contributed by atoms with Crippen molar-refractivity contribution in [2.24, 2.45) is 0 Å². The third-order valence-electron chi connectivity index (χ3n) is 6.50. The second-order valence-electron chi connectivity index (χ2n) is 8.19. The molecular weight excluding hydrogens is 320 g/mol. The third kappa shape index (κ3) is 3.47. The van der Waals surface area contributed by atoms with Gasteiger partial charge in [0.05, 0.1) is 0 Å². The minimum absolute atomic E-state index is 0.406. The summed E-state index contributed by atoms with van der Waals surface area (Å²) in [6.45, 7) is 0. The molecule has 4 rings (SSSR count). The normalized spacial score (nSPS) is 19.5. The zero-order valence-electron chi connectivity index (χ0n) is 15.6. The summed E-state index contributed by atoms with van der Waals surface area (Å²) in [6, 6.07) is 12.1. The minimum atomic E-state index is 0.406. The van der Waals surface area contributed by atoms with Crippen molar-refractivity contribution < 1.29 is 10.2 Å². The Balaban J connectivity index is 1.69. The van der Waals surface area contributed by atoms with Crippen LogP contribution in [-0.4, -0.2) is 10.2 Å². The van der Waals surface area contributed by atoms with Gasteiger partial charge in [-0.1, -0.05) is 62.8 Å². The Morgan fingerprint density at radius 3 is 1.92 bits per heavy atom. The number of hydrogen-bond donors (Lipinski definition) is 2. The van der Waals surface area contributed by atoms with Gasteiger partial charge in [-0.2, -0.15) is 0 Å². The molecule has 138 valence electrons. The Labute approximate surface area is 156 Å². The molecule has 0 aromatic heterocycles. The number of para-hydroxylation sites is 1. The Bertz CT molecular complexity index is 753. The van der Waals surface area contributed by atoms with Crippen LogP contribution in [-0.2, 0) is 0 Å². The fourth-order valence-corrected chi connectivity index (χ4v) is 5.00. The van der Waals surface area contributed by atoms with Crippen LogP contribution in [0.4, 0.5) is 0 Å². The number of phenolic OH excluding ortho intramolecular Hbond substituents is 2. The van der Waals surface area contributed by atoms with E-state index in [1.165, 1.54) is 51.4 Å². The first-order valence-corrected chi connectivity index (χ1v) is 10.4. The standard InChI is InChI=1S/C24H30O2/c25-23-15-14-19(16-22(23)18-10-5-2-6-11-18)21-13-7-12-20(24(21)26)17-8-3-1-4-9-17/h7,12-18,25-26H,1-6,8-11H2. The van der Waals surface area contributed by atoms with E-state index in [2.05, 4.69) is 18.2 Å². The third-order valence-corrected chi connectivity index (χ3v) is 6.50. The molecule has 0 spiro atoms. The summed E-state index contributed by atoms with van der Waals surface area (Å²) in [5, 5.41) is 21.4. The van der Waals surface area contributed by atoms with Crippen LogP contribution >= 0.6 is 0 Å². The maximum Gasteiger partial charge on any atom is 0.126 e. The van der Waals surface area contributed by atoms with Crippen LogP contribution in [0.15, 0.2) is 36.4 Å². The molecule has 0 aliphatic heterocycles. The molecule has 2 heteroatoms. The molecule has 2 aliphatic rings. The smallest absolute Gasteiger partial charge is 0.126 e. The van der Waals surface area contributed by atoms with Crippen LogP contribution in [0.5, 0.6) is 11.5 Å². The van der Waals surface area contributed by atoms with Gasteiger partial charge in [-0.15, -0.1) is 0 Å². The van der Waals surface area contributed by atoms with Gasteiger partial charge in [-0.25, -0.2) is 0 Å². The van der Waals surface area contributed by atoms with E-state index in [-0.39, 0.29) is 0 Å². The van der Waals surface area contributed by atoms with E-state index in [0.717, 1.165) is 35.1 Å². The lowest BCUT2D eigenvalue weighted by molar-refractivity contribution is 0.413. The molecule has 26 heavy (non-hydrogen) atoms. The molecule has 2 aromatic carbocycles. The highest BCUT2D eigenvalue weighted by Crippen LogP contribution is 2.44. The first-order chi connectivity index (χ1) is 12.7. The van der Waals surface area contributed by atoms with Crippen LogP contribution in [0.25, 0.3) is 11.1 Å². The van der Waals surface area contributed by atoms with Gasteiger partial charge in [0.2, 0.25) is 0 Å². The van der Waals surface area contributed by atoms with Crippen molar-refractivity contribution in [2.45, 2.75) is 76.0 Å². The SMILES string of the molecule is Oc1ccc(-c2cccc(C3CCCCC3)c2O)cc1C1CCCCC1. The van der Waals surface area contributed by atoms with Gasteiger partial charge in [0.25, 0.3) is 0 Å². The summed E-state index contributed by atoms with van der Waals surface area (Å²) >= 11 is 0. The lowest BCUT2D eigenvalue weighted by atomic mass is 9.81. The van der Waals surface area contributed by atoms with E-state index < -0.39 is 0 Å². The van der Waals surface area contributed by atoms with Crippen molar-refractivity contribution in [3.05, 3.63) is 47.5 Å². The van der Waals surface area contributed by atoms with Gasteiger partial charge in [-0.05, 0) is 66.3 Å². The highest BCUT2D eigenvalue weighted by atomic mass is 16.3. The van der Waals surface area contributed by atoms with Crippen molar-refractivity contribution in [1.29, 1.82) is 0 Å². The Morgan fingerprint density at radius 1 is 0.654 bits per heavy atom. The molecule has 2 aliphatic carbocycles. The molecule has 0 heterocycles. The molecule has 0 bridgehead atoms. The molecule has 0 saturated heterocycles. The molecule has 2 fully saturated rings.